The van der Waals surface area contributed by atoms with Crippen molar-refractivity contribution in [1.29, 1.82) is 0 Å². The summed E-state index contributed by atoms with van der Waals surface area (Å²) in [5, 5.41) is -0.929. The van der Waals surface area contributed by atoms with Crippen LogP contribution in [0.2, 0.25) is 10.0 Å². The number of rotatable bonds is 10. The highest BCUT2D eigenvalue weighted by Crippen LogP contribution is 2.28. The van der Waals surface area contributed by atoms with E-state index in [1.165, 1.54) is 73.0 Å². The Kier molecular flexibility index (Phi) is 8.98. The molecule has 10 nitrogen and oxygen atoms in total. The molecule has 0 bridgehead atoms. The lowest BCUT2D eigenvalue weighted by Crippen LogP contribution is -2.33. The zero-order valence-corrected chi connectivity index (χ0v) is 23.3. The monoisotopic (exact) mass is 597 g/mol. The van der Waals surface area contributed by atoms with Crippen LogP contribution >= 0.6 is 23.2 Å². The van der Waals surface area contributed by atoms with E-state index in [4.69, 9.17) is 23.2 Å². The number of benzene rings is 2. The highest BCUT2D eigenvalue weighted by atomic mass is 35.5. The number of ketones is 2. The Morgan fingerprint density at radius 3 is 2.08 bits per heavy atom. The van der Waals surface area contributed by atoms with Crippen molar-refractivity contribution < 1.29 is 22.8 Å². The molecule has 1 unspecified atom stereocenters. The van der Waals surface area contributed by atoms with Gasteiger partial charge in [-0.1, -0.05) is 35.3 Å². The average molecular weight is 598 g/mol. The van der Waals surface area contributed by atoms with Crippen LogP contribution in [-0.2, 0) is 21.2 Å². The largest absolute Gasteiger partial charge is 0.308 e. The van der Waals surface area contributed by atoms with E-state index in [1.807, 2.05) is 0 Å². The molecule has 0 saturated carbocycles. The van der Waals surface area contributed by atoms with E-state index in [9.17, 15) is 22.8 Å². The Bertz CT molecular complexity index is 1670. The Balaban J connectivity index is 1.69. The molecule has 2 aromatic heterocycles. The number of hydrogen-bond donors (Lipinski definition) is 0. The standard InChI is InChI=1S/C27H21Cl2N5O5S/c1-17(25(37)27-32-11-4-12-33-27)40(38,39)20-6-2-5-19(14-20)34(16-18-7-8-21(28)22(29)13-18)24(36)15-23(35)26-30-9-3-10-31-26/h2-14,17H,15-16H2,1H3. The summed E-state index contributed by atoms with van der Waals surface area (Å²) in [6.45, 7) is 1.19. The zero-order chi connectivity index (χ0) is 28.9. The molecule has 0 fully saturated rings. The molecule has 1 atom stereocenters. The van der Waals surface area contributed by atoms with Crippen LogP contribution in [0, 0.1) is 0 Å². The smallest absolute Gasteiger partial charge is 0.235 e. The summed E-state index contributed by atoms with van der Waals surface area (Å²) in [5.41, 5.74) is 0.749. The van der Waals surface area contributed by atoms with Gasteiger partial charge in [0.1, 0.15) is 5.25 Å². The van der Waals surface area contributed by atoms with Gasteiger partial charge in [-0.2, -0.15) is 0 Å². The summed E-state index contributed by atoms with van der Waals surface area (Å²) in [5.74, 6) is -2.39. The van der Waals surface area contributed by atoms with Gasteiger partial charge >= 0.3 is 0 Å². The molecule has 2 aromatic carbocycles. The first-order chi connectivity index (χ1) is 19.1. The van der Waals surface area contributed by atoms with Gasteiger partial charge in [0.25, 0.3) is 0 Å². The fourth-order valence-corrected chi connectivity index (χ4v) is 5.35. The predicted octanol–water partition coefficient (Wildman–Crippen LogP) is 4.42. The van der Waals surface area contributed by atoms with E-state index >= 15 is 0 Å². The molecule has 0 radical (unpaired) electrons. The van der Waals surface area contributed by atoms with Gasteiger partial charge in [0, 0.05) is 30.5 Å². The molecule has 0 aliphatic rings. The van der Waals surface area contributed by atoms with Crippen LogP contribution in [-0.4, -0.2) is 51.1 Å². The summed E-state index contributed by atoms with van der Waals surface area (Å²) >= 11 is 12.2. The molecule has 4 rings (SSSR count). The molecule has 204 valence electrons. The van der Waals surface area contributed by atoms with Gasteiger partial charge in [0.15, 0.2) is 21.5 Å². The van der Waals surface area contributed by atoms with E-state index in [0.717, 1.165) is 0 Å². The summed E-state index contributed by atoms with van der Waals surface area (Å²) < 4.78 is 26.8. The number of Topliss-reactive ketones (excluding diaryl/α,β-unsaturated/α-hetero) is 2. The van der Waals surface area contributed by atoms with Crippen LogP contribution in [0.4, 0.5) is 5.69 Å². The van der Waals surface area contributed by atoms with Crippen molar-refractivity contribution in [3.63, 3.8) is 0 Å². The van der Waals surface area contributed by atoms with Crippen molar-refractivity contribution in [2.24, 2.45) is 0 Å². The Hall–Kier alpha value is -4.06. The number of aromatic nitrogens is 4. The van der Waals surface area contributed by atoms with E-state index in [2.05, 4.69) is 19.9 Å². The van der Waals surface area contributed by atoms with Gasteiger partial charge in [-0.15, -0.1) is 0 Å². The quantitative estimate of drug-likeness (QED) is 0.192. The normalized spacial score (nSPS) is 12.0. The third kappa shape index (κ3) is 6.56. The van der Waals surface area contributed by atoms with Crippen LogP contribution in [0.3, 0.4) is 0 Å². The van der Waals surface area contributed by atoms with E-state index in [1.54, 1.807) is 18.2 Å². The van der Waals surface area contributed by atoms with Gasteiger partial charge in [0.05, 0.1) is 27.9 Å². The first-order valence-corrected chi connectivity index (χ1v) is 14.1. The topological polar surface area (TPSA) is 140 Å². The van der Waals surface area contributed by atoms with Crippen molar-refractivity contribution >= 4 is 56.2 Å². The van der Waals surface area contributed by atoms with Crippen LogP contribution < -0.4 is 4.90 Å². The highest BCUT2D eigenvalue weighted by Gasteiger charge is 2.33. The maximum atomic E-state index is 13.4. The summed E-state index contributed by atoms with van der Waals surface area (Å²) in [6.07, 6.45) is 4.87. The maximum Gasteiger partial charge on any atom is 0.235 e. The SMILES string of the molecule is CC(C(=O)c1ncccn1)S(=O)(=O)c1cccc(N(Cc2ccc(Cl)c(Cl)c2)C(=O)CC(=O)c2ncccn2)c1. The summed E-state index contributed by atoms with van der Waals surface area (Å²) in [4.78, 5) is 55.5. The van der Waals surface area contributed by atoms with Crippen LogP contribution in [0.25, 0.3) is 0 Å². The van der Waals surface area contributed by atoms with Gasteiger partial charge in [-0.05, 0) is 55.0 Å². The highest BCUT2D eigenvalue weighted by molar-refractivity contribution is 7.92. The third-order valence-electron chi connectivity index (χ3n) is 5.83. The van der Waals surface area contributed by atoms with Gasteiger partial charge in [0.2, 0.25) is 17.5 Å². The van der Waals surface area contributed by atoms with E-state index < -0.39 is 39.0 Å². The number of halogens is 2. The number of carbonyl (C=O) groups excluding carboxylic acids is 3. The van der Waals surface area contributed by atoms with Crippen molar-refractivity contribution in [3.8, 4) is 0 Å². The lowest BCUT2D eigenvalue weighted by Gasteiger charge is -2.24. The maximum absolute atomic E-state index is 13.4. The number of nitrogens with zero attached hydrogens (tertiary/aromatic N) is 5. The summed E-state index contributed by atoms with van der Waals surface area (Å²) in [7, 11) is -4.21. The number of carbonyl (C=O) groups is 3. The lowest BCUT2D eigenvalue weighted by atomic mass is 10.1. The minimum absolute atomic E-state index is 0.0610. The predicted molar refractivity (Wildman–Crippen MR) is 148 cm³/mol. The molecule has 4 aromatic rings. The first-order valence-electron chi connectivity index (χ1n) is 11.8. The second-order valence-electron chi connectivity index (χ2n) is 8.52. The van der Waals surface area contributed by atoms with Crippen molar-refractivity contribution in [1.82, 2.24) is 19.9 Å². The fourth-order valence-electron chi connectivity index (χ4n) is 3.68. The molecule has 0 aliphatic heterocycles. The minimum atomic E-state index is -4.21. The fraction of sp³-hybridized carbons (Fsp3) is 0.148. The second kappa shape index (κ2) is 12.4. The molecular formula is C27H21Cl2N5O5S. The molecule has 40 heavy (non-hydrogen) atoms. The Labute approximate surface area is 240 Å². The molecule has 0 N–H and O–H groups in total. The minimum Gasteiger partial charge on any atom is -0.308 e. The van der Waals surface area contributed by atoms with Gasteiger partial charge in [-0.3, -0.25) is 14.4 Å². The van der Waals surface area contributed by atoms with E-state index in [0.29, 0.717) is 10.6 Å². The number of hydrogen-bond acceptors (Lipinski definition) is 9. The molecule has 0 saturated heterocycles. The van der Waals surface area contributed by atoms with Crippen LogP contribution in [0.15, 0.2) is 84.3 Å². The van der Waals surface area contributed by atoms with E-state index in [-0.39, 0.29) is 33.8 Å². The average Bonchev–Trinajstić information content (AvgIpc) is 2.97. The van der Waals surface area contributed by atoms with Gasteiger partial charge in [-0.25, -0.2) is 28.4 Å². The van der Waals surface area contributed by atoms with Crippen LogP contribution in [0.5, 0.6) is 0 Å². The number of anilines is 1. The molecule has 2 heterocycles. The van der Waals surface area contributed by atoms with Crippen LogP contribution in [0.1, 0.15) is 40.1 Å². The Morgan fingerprint density at radius 1 is 0.825 bits per heavy atom. The molecule has 0 aliphatic carbocycles. The molecule has 13 heteroatoms. The third-order valence-corrected chi connectivity index (χ3v) is 8.63. The van der Waals surface area contributed by atoms with Crippen molar-refractivity contribution in [2.75, 3.05) is 4.90 Å². The summed E-state index contributed by atoms with van der Waals surface area (Å²) in [6, 6.07) is 13.4. The molecule has 0 spiro atoms. The molecular weight excluding hydrogens is 577 g/mol. The zero-order valence-electron chi connectivity index (χ0n) is 20.9. The lowest BCUT2D eigenvalue weighted by molar-refractivity contribution is -0.117. The van der Waals surface area contributed by atoms with Gasteiger partial charge < -0.3 is 4.90 Å². The molecule has 1 amide bonds. The number of amides is 1. The van der Waals surface area contributed by atoms with Crippen molar-refractivity contribution in [2.45, 2.75) is 30.0 Å². The Morgan fingerprint density at radius 2 is 1.45 bits per heavy atom. The number of sulfone groups is 1. The first kappa shape index (κ1) is 28.9. The second-order valence-corrected chi connectivity index (χ2v) is 11.6. The van der Waals surface area contributed by atoms with Crippen molar-refractivity contribution in [3.05, 3.63) is 107 Å².